The molecule has 1 N–H and O–H groups in total. The Kier molecular flexibility index (Phi) is 5.22. The largest absolute Gasteiger partial charge is 0.467 e. The van der Waals surface area contributed by atoms with Gasteiger partial charge >= 0.3 is 0 Å². The van der Waals surface area contributed by atoms with Crippen molar-refractivity contribution in [1.29, 1.82) is 0 Å². The summed E-state index contributed by atoms with van der Waals surface area (Å²) in [7, 11) is 0. The maximum atomic E-state index is 12.7. The van der Waals surface area contributed by atoms with Gasteiger partial charge in [-0.25, -0.2) is 0 Å². The van der Waals surface area contributed by atoms with E-state index in [0.29, 0.717) is 13.1 Å². The fourth-order valence-corrected chi connectivity index (χ4v) is 3.32. The number of likely N-dealkylation sites (tertiary alicyclic amines) is 1. The van der Waals surface area contributed by atoms with Crippen LogP contribution in [0.5, 0.6) is 0 Å². The molecule has 0 radical (unpaired) electrons. The Balaban J connectivity index is 1.69. The minimum Gasteiger partial charge on any atom is -0.467 e. The molecule has 1 unspecified atom stereocenters. The van der Waals surface area contributed by atoms with Gasteiger partial charge in [-0.2, -0.15) is 0 Å². The minimum atomic E-state index is -0.322. The number of aryl methyl sites for hydroxylation is 2. The van der Waals surface area contributed by atoms with Crippen molar-refractivity contribution in [2.45, 2.75) is 39.7 Å². The van der Waals surface area contributed by atoms with E-state index in [9.17, 15) is 9.59 Å². The summed E-state index contributed by atoms with van der Waals surface area (Å²) in [5.74, 6) is 0.332. The van der Waals surface area contributed by atoms with Crippen molar-refractivity contribution in [3.05, 3.63) is 53.5 Å². The van der Waals surface area contributed by atoms with Gasteiger partial charge in [0.1, 0.15) is 5.76 Å². The molecule has 0 bridgehead atoms. The smallest absolute Gasteiger partial charge is 0.229 e. The number of benzene rings is 1. The summed E-state index contributed by atoms with van der Waals surface area (Å²) >= 11 is 0. The monoisotopic (exact) mass is 340 g/mol. The lowest BCUT2D eigenvalue weighted by Gasteiger charge is -2.17. The zero-order chi connectivity index (χ0) is 17.8. The molecule has 3 rings (SSSR count). The molecule has 2 amide bonds. The number of amides is 2. The van der Waals surface area contributed by atoms with Gasteiger partial charge in [0.05, 0.1) is 18.7 Å². The average Bonchev–Trinajstić information content (AvgIpc) is 3.25. The SMILES string of the molecule is CCc1cccc(CC)c1NC(=O)C1CC(=O)N(Cc2ccco2)C1. The molecule has 0 spiro atoms. The standard InChI is InChI=1S/C20H24N2O3/c1-3-14-7-5-8-15(4-2)19(14)21-20(24)16-11-18(23)22(12-16)13-17-9-6-10-25-17/h5-10,16H,3-4,11-13H2,1-2H3,(H,21,24). The van der Waals surface area contributed by atoms with Gasteiger partial charge in [0.25, 0.3) is 0 Å². The van der Waals surface area contributed by atoms with Gasteiger partial charge in [-0.1, -0.05) is 32.0 Å². The van der Waals surface area contributed by atoms with E-state index in [4.69, 9.17) is 4.42 Å². The summed E-state index contributed by atoms with van der Waals surface area (Å²) in [6.07, 6.45) is 3.56. The van der Waals surface area contributed by atoms with Crippen LogP contribution in [0, 0.1) is 5.92 Å². The molecule has 1 aromatic carbocycles. The predicted octanol–water partition coefficient (Wildman–Crippen LogP) is 3.39. The van der Waals surface area contributed by atoms with Gasteiger partial charge in [0, 0.05) is 18.7 Å². The van der Waals surface area contributed by atoms with Crippen molar-refractivity contribution in [3.63, 3.8) is 0 Å². The van der Waals surface area contributed by atoms with E-state index in [1.807, 2.05) is 24.3 Å². The number of rotatable bonds is 6. The predicted molar refractivity (Wildman–Crippen MR) is 96.1 cm³/mol. The third-order valence-corrected chi connectivity index (χ3v) is 4.76. The molecule has 0 saturated carbocycles. The van der Waals surface area contributed by atoms with Gasteiger partial charge in [0.2, 0.25) is 11.8 Å². The number of para-hydroxylation sites is 1. The molecular weight excluding hydrogens is 316 g/mol. The van der Waals surface area contributed by atoms with E-state index in [1.165, 1.54) is 0 Å². The Morgan fingerprint density at radius 2 is 1.92 bits per heavy atom. The van der Waals surface area contributed by atoms with Gasteiger partial charge < -0.3 is 14.6 Å². The zero-order valence-corrected chi connectivity index (χ0v) is 14.7. The first-order valence-corrected chi connectivity index (χ1v) is 8.84. The topological polar surface area (TPSA) is 62.6 Å². The van der Waals surface area contributed by atoms with Crippen molar-refractivity contribution >= 4 is 17.5 Å². The van der Waals surface area contributed by atoms with Gasteiger partial charge in [-0.15, -0.1) is 0 Å². The highest BCUT2D eigenvalue weighted by atomic mass is 16.3. The van der Waals surface area contributed by atoms with Crippen LogP contribution in [-0.2, 0) is 29.0 Å². The summed E-state index contributed by atoms with van der Waals surface area (Å²) in [5.41, 5.74) is 3.17. The Morgan fingerprint density at radius 1 is 1.20 bits per heavy atom. The van der Waals surface area contributed by atoms with Crippen molar-refractivity contribution in [2.24, 2.45) is 5.92 Å². The molecule has 5 nitrogen and oxygen atoms in total. The van der Waals surface area contributed by atoms with Crippen LogP contribution in [0.3, 0.4) is 0 Å². The van der Waals surface area contributed by atoms with E-state index in [-0.39, 0.29) is 24.2 Å². The van der Waals surface area contributed by atoms with E-state index in [2.05, 4.69) is 19.2 Å². The quantitative estimate of drug-likeness (QED) is 0.877. The highest BCUT2D eigenvalue weighted by Crippen LogP contribution is 2.26. The highest BCUT2D eigenvalue weighted by molar-refractivity contribution is 5.98. The number of anilines is 1. The van der Waals surface area contributed by atoms with Crippen LogP contribution in [0.25, 0.3) is 0 Å². The molecule has 5 heteroatoms. The summed E-state index contributed by atoms with van der Waals surface area (Å²) in [5, 5.41) is 3.08. The summed E-state index contributed by atoms with van der Waals surface area (Å²) in [6, 6.07) is 9.74. The first-order valence-electron chi connectivity index (χ1n) is 8.84. The lowest BCUT2D eigenvalue weighted by atomic mass is 10.0. The van der Waals surface area contributed by atoms with E-state index in [1.54, 1.807) is 17.2 Å². The molecule has 1 aliphatic heterocycles. The third kappa shape index (κ3) is 3.76. The molecule has 2 heterocycles. The van der Waals surface area contributed by atoms with Gasteiger partial charge in [-0.3, -0.25) is 9.59 Å². The minimum absolute atomic E-state index is 0.00367. The fraction of sp³-hybridized carbons (Fsp3) is 0.400. The van der Waals surface area contributed by atoms with Crippen LogP contribution in [0.2, 0.25) is 0 Å². The second-order valence-electron chi connectivity index (χ2n) is 6.40. The van der Waals surface area contributed by atoms with Gasteiger partial charge in [0.15, 0.2) is 0 Å². The van der Waals surface area contributed by atoms with Crippen molar-refractivity contribution in [1.82, 2.24) is 4.90 Å². The Bertz CT molecular complexity index is 730. The zero-order valence-electron chi connectivity index (χ0n) is 14.7. The first-order chi connectivity index (χ1) is 12.1. The summed E-state index contributed by atoms with van der Waals surface area (Å²) < 4.78 is 5.30. The second kappa shape index (κ2) is 7.55. The highest BCUT2D eigenvalue weighted by Gasteiger charge is 2.35. The molecule has 1 fully saturated rings. The second-order valence-corrected chi connectivity index (χ2v) is 6.40. The molecule has 25 heavy (non-hydrogen) atoms. The molecule has 0 aliphatic carbocycles. The maximum absolute atomic E-state index is 12.7. The molecular formula is C20H24N2O3. The molecule has 1 aliphatic rings. The number of hydrogen-bond acceptors (Lipinski definition) is 3. The molecule has 1 atom stereocenters. The fourth-order valence-electron chi connectivity index (χ4n) is 3.32. The molecule has 2 aromatic rings. The lowest BCUT2D eigenvalue weighted by molar-refractivity contribution is -0.128. The van der Waals surface area contributed by atoms with Crippen LogP contribution in [0.1, 0.15) is 37.2 Å². The molecule has 132 valence electrons. The maximum Gasteiger partial charge on any atom is 0.229 e. The normalized spacial score (nSPS) is 17.1. The third-order valence-electron chi connectivity index (χ3n) is 4.76. The van der Waals surface area contributed by atoms with Crippen molar-refractivity contribution in [3.8, 4) is 0 Å². The van der Waals surface area contributed by atoms with E-state index < -0.39 is 0 Å². The van der Waals surface area contributed by atoms with Crippen LogP contribution in [0.15, 0.2) is 41.0 Å². The number of furan rings is 1. The summed E-state index contributed by atoms with van der Waals surface area (Å²) in [6.45, 7) is 5.01. The van der Waals surface area contributed by atoms with Gasteiger partial charge in [-0.05, 0) is 36.1 Å². The lowest BCUT2D eigenvalue weighted by Crippen LogP contribution is -2.28. The average molecular weight is 340 g/mol. The Labute approximate surface area is 148 Å². The van der Waals surface area contributed by atoms with Crippen LogP contribution in [-0.4, -0.2) is 23.3 Å². The number of carbonyl (C=O) groups is 2. The van der Waals surface area contributed by atoms with Crippen LogP contribution in [0.4, 0.5) is 5.69 Å². The molecule has 1 saturated heterocycles. The summed E-state index contributed by atoms with van der Waals surface area (Å²) in [4.78, 5) is 26.6. The number of nitrogens with zero attached hydrogens (tertiary/aromatic N) is 1. The van der Waals surface area contributed by atoms with Crippen LogP contribution >= 0.6 is 0 Å². The Morgan fingerprint density at radius 3 is 2.52 bits per heavy atom. The molecule has 1 aromatic heterocycles. The number of nitrogens with one attached hydrogen (secondary N) is 1. The number of carbonyl (C=O) groups excluding carboxylic acids is 2. The van der Waals surface area contributed by atoms with E-state index >= 15 is 0 Å². The van der Waals surface area contributed by atoms with Crippen molar-refractivity contribution in [2.75, 3.05) is 11.9 Å². The number of hydrogen-bond donors (Lipinski definition) is 1. The Hall–Kier alpha value is -2.56. The van der Waals surface area contributed by atoms with E-state index in [0.717, 1.165) is 35.4 Å². The first kappa shape index (κ1) is 17.3. The van der Waals surface area contributed by atoms with Crippen molar-refractivity contribution < 1.29 is 14.0 Å². The van der Waals surface area contributed by atoms with Crippen LogP contribution < -0.4 is 5.32 Å².